The molecule has 7 rings (SSSR count). The van der Waals surface area contributed by atoms with Gasteiger partial charge in [0.05, 0.1) is 0 Å². The standard InChI is InChI=1S/C28H18O/c1-3-7-20-18(6-1)11-12-23-22(20)13-14-26-28(23)25-15-19-10-9-17-5-2-4-8-21(17)24(19)16-27(25)29-26/h1-8,11-16H,9-10H2. The summed E-state index contributed by atoms with van der Waals surface area (Å²) in [5.41, 5.74) is 7.50. The number of rotatable bonds is 0. The molecule has 1 nitrogen and oxygen atoms in total. The van der Waals surface area contributed by atoms with Gasteiger partial charge in [-0.25, -0.2) is 0 Å². The summed E-state index contributed by atoms with van der Waals surface area (Å²) >= 11 is 0. The zero-order valence-electron chi connectivity index (χ0n) is 15.9. The van der Waals surface area contributed by atoms with Crippen molar-refractivity contribution in [1.29, 1.82) is 0 Å². The molecule has 136 valence electrons. The SMILES string of the molecule is c1ccc2c(c1)CCc1cc3c(cc1-2)oc1ccc2c4ccccc4ccc2c13. The van der Waals surface area contributed by atoms with Crippen LogP contribution in [-0.2, 0) is 12.8 Å². The lowest BCUT2D eigenvalue weighted by atomic mass is 9.85. The summed E-state index contributed by atoms with van der Waals surface area (Å²) in [7, 11) is 0. The van der Waals surface area contributed by atoms with Gasteiger partial charge in [0.25, 0.3) is 0 Å². The van der Waals surface area contributed by atoms with Crippen LogP contribution in [0.25, 0.3) is 54.6 Å². The quantitative estimate of drug-likeness (QED) is 0.250. The van der Waals surface area contributed by atoms with Crippen molar-refractivity contribution in [2.24, 2.45) is 0 Å². The average Bonchev–Trinajstić information content (AvgIpc) is 3.15. The van der Waals surface area contributed by atoms with Crippen LogP contribution >= 0.6 is 0 Å². The number of hydrogen-bond acceptors (Lipinski definition) is 1. The fraction of sp³-hybridized carbons (Fsp3) is 0.0714. The van der Waals surface area contributed by atoms with E-state index in [9.17, 15) is 0 Å². The maximum atomic E-state index is 6.35. The molecule has 6 aromatic rings. The van der Waals surface area contributed by atoms with Gasteiger partial charge >= 0.3 is 0 Å². The normalized spacial score (nSPS) is 13.2. The van der Waals surface area contributed by atoms with E-state index < -0.39 is 0 Å². The van der Waals surface area contributed by atoms with E-state index in [1.807, 2.05) is 0 Å². The number of hydrogen-bond donors (Lipinski definition) is 0. The van der Waals surface area contributed by atoms with Gasteiger partial charge in [-0.05, 0) is 74.8 Å². The molecule has 0 fully saturated rings. The number of aryl methyl sites for hydroxylation is 2. The molecule has 0 spiro atoms. The van der Waals surface area contributed by atoms with Gasteiger partial charge in [0.2, 0.25) is 0 Å². The lowest BCUT2D eigenvalue weighted by Gasteiger charge is -2.19. The molecule has 0 aliphatic heterocycles. The molecule has 0 saturated heterocycles. The van der Waals surface area contributed by atoms with Crippen molar-refractivity contribution >= 4 is 43.5 Å². The third-order valence-corrected chi connectivity index (χ3v) is 6.55. The fourth-order valence-electron chi connectivity index (χ4n) is 5.18. The maximum Gasteiger partial charge on any atom is 0.136 e. The molecule has 1 aromatic heterocycles. The van der Waals surface area contributed by atoms with Crippen molar-refractivity contribution in [3.63, 3.8) is 0 Å². The summed E-state index contributed by atoms with van der Waals surface area (Å²) in [5.74, 6) is 0. The highest BCUT2D eigenvalue weighted by Gasteiger charge is 2.19. The monoisotopic (exact) mass is 370 g/mol. The van der Waals surface area contributed by atoms with Crippen molar-refractivity contribution in [3.05, 3.63) is 96.1 Å². The Bertz CT molecular complexity index is 1600. The van der Waals surface area contributed by atoms with Crippen LogP contribution in [0.2, 0.25) is 0 Å². The molecule has 0 unspecified atom stereocenters. The third-order valence-electron chi connectivity index (χ3n) is 6.55. The van der Waals surface area contributed by atoms with Gasteiger partial charge in [-0.3, -0.25) is 0 Å². The van der Waals surface area contributed by atoms with Crippen molar-refractivity contribution < 1.29 is 4.42 Å². The first kappa shape index (κ1) is 15.4. The number of benzene rings is 5. The van der Waals surface area contributed by atoms with Gasteiger partial charge in [-0.1, -0.05) is 66.7 Å². The highest BCUT2D eigenvalue weighted by molar-refractivity contribution is 6.24. The molecule has 1 heteroatoms. The molecular formula is C28H18O. The van der Waals surface area contributed by atoms with E-state index in [2.05, 4.69) is 84.9 Å². The van der Waals surface area contributed by atoms with Crippen LogP contribution in [0.15, 0.2) is 89.3 Å². The second-order valence-corrected chi connectivity index (χ2v) is 8.09. The number of fused-ring (bicyclic) bond motifs is 10. The van der Waals surface area contributed by atoms with Crippen LogP contribution in [0.5, 0.6) is 0 Å². The first-order valence-electron chi connectivity index (χ1n) is 10.2. The van der Waals surface area contributed by atoms with E-state index in [1.54, 1.807) is 0 Å². The van der Waals surface area contributed by atoms with Crippen LogP contribution < -0.4 is 0 Å². The molecule has 29 heavy (non-hydrogen) atoms. The van der Waals surface area contributed by atoms with Gasteiger partial charge in [0.1, 0.15) is 11.2 Å². The molecule has 0 bridgehead atoms. The first-order chi connectivity index (χ1) is 14.4. The molecule has 0 atom stereocenters. The van der Waals surface area contributed by atoms with E-state index in [-0.39, 0.29) is 0 Å². The molecular weight excluding hydrogens is 352 g/mol. The van der Waals surface area contributed by atoms with Crippen molar-refractivity contribution in [3.8, 4) is 11.1 Å². The molecule has 1 aliphatic carbocycles. The lowest BCUT2D eigenvalue weighted by molar-refractivity contribution is 0.669. The van der Waals surface area contributed by atoms with Gasteiger partial charge < -0.3 is 4.42 Å². The second-order valence-electron chi connectivity index (χ2n) is 8.09. The molecule has 1 heterocycles. The van der Waals surface area contributed by atoms with E-state index in [4.69, 9.17) is 4.42 Å². The topological polar surface area (TPSA) is 13.1 Å². The average molecular weight is 370 g/mol. The Morgan fingerprint density at radius 3 is 2.34 bits per heavy atom. The van der Waals surface area contributed by atoms with Gasteiger partial charge in [0, 0.05) is 10.8 Å². The maximum absolute atomic E-state index is 6.35. The van der Waals surface area contributed by atoms with Crippen LogP contribution in [-0.4, -0.2) is 0 Å². The summed E-state index contributed by atoms with van der Waals surface area (Å²) in [6.07, 6.45) is 2.19. The smallest absolute Gasteiger partial charge is 0.136 e. The summed E-state index contributed by atoms with van der Waals surface area (Å²) in [4.78, 5) is 0. The Labute approximate surface area is 168 Å². The largest absolute Gasteiger partial charge is 0.456 e. The van der Waals surface area contributed by atoms with Crippen LogP contribution in [0, 0.1) is 0 Å². The zero-order chi connectivity index (χ0) is 18.9. The van der Waals surface area contributed by atoms with Crippen molar-refractivity contribution in [2.45, 2.75) is 12.8 Å². The van der Waals surface area contributed by atoms with E-state index in [0.717, 1.165) is 24.0 Å². The Kier molecular flexibility index (Phi) is 2.90. The summed E-state index contributed by atoms with van der Waals surface area (Å²) in [5, 5.41) is 7.62. The van der Waals surface area contributed by atoms with Crippen LogP contribution in [0.4, 0.5) is 0 Å². The number of furan rings is 1. The third kappa shape index (κ3) is 2.05. The zero-order valence-corrected chi connectivity index (χ0v) is 15.9. The molecule has 0 amide bonds. The minimum absolute atomic E-state index is 0.971. The second kappa shape index (κ2) is 5.48. The predicted octanol–water partition coefficient (Wildman–Crippen LogP) is 7.66. The Morgan fingerprint density at radius 1 is 0.517 bits per heavy atom. The highest BCUT2D eigenvalue weighted by Crippen LogP contribution is 2.42. The minimum Gasteiger partial charge on any atom is -0.456 e. The molecule has 0 N–H and O–H groups in total. The summed E-state index contributed by atoms with van der Waals surface area (Å²) in [6.45, 7) is 0. The Hall–Kier alpha value is -3.58. The molecule has 0 saturated carbocycles. The van der Waals surface area contributed by atoms with Crippen LogP contribution in [0.3, 0.4) is 0 Å². The van der Waals surface area contributed by atoms with E-state index in [1.165, 1.54) is 54.6 Å². The van der Waals surface area contributed by atoms with Crippen molar-refractivity contribution in [1.82, 2.24) is 0 Å². The summed E-state index contributed by atoms with van der Waals surface area (Å²) in [6, 6.07) is 30.8. The first-order valence-corrected chi connectivity index (χ1v) is 10.2. The minimum atomic E-state index is 0.971. The molecule has 0 radical (unpaired) electrons. The highest BCUT2D eigenvalue weighted by atomic mass is 16.3. The van der Waals surface area contributed by atoms with E-state index >= 15 is 0 Å². The van der Waals surface area contributed by atoms with Crippen molar-refractivity contribution in [2.75, 3.05) is 0 Å². The molecule has 1 aliphatic rings. The fourth-order valence-corrected chi connectivity index (χ4v) is 5.18. The van der Waals surface area contributed by atoms with Gasteiger partial charge in [0.15, 0.2) is 0 Å². The summed E-state index contributed by atoms with van der Waals surface area (Å²) < 4.78 is 6.35. The lowest BCUT2D eigenvalue weighted by Crippen LogP contribution is -2.03. The predicted molar refractivity (Wildman–Crippen MR) is 122 cm³/mol. The Balaban J connectivity index is 1.61. The van der Waals surface area contributed by atoms with Gasteiger partial charge in [-0.15, -0.1) is 0 Å². The van der Waals surface area contributed by atoms with Gasteiger partial charge in [-0.2, -0.15) is 0 Å². The Morgan fingerprint density at radius 2 is 1.34 bits per heavy atom. The van der Waals surface area contributed by atoms with E-state index in [0.29, 0.717) is 0 Å². The molecule has 5 aromatic carbocycles. The van der Waals surface area contributed by atoms with Crippen LogP contribution in [0.1, 0.15) is 11.1 Å².